The third kappa shape index (κ3) is 2.70. The largest absolute Gasteiger partial charge is 0.368 e. The van der Waals surface area contributed by atoms with Gasteiger partial charge in [0, 0.05) is 6.54 Å². The average molecular weight is 348 g/mol. The molecule has 24 heavy (non-hydrogen) atoms. The summed E-state index contributed by atoms with van der Waals surface area (Å²) in [4.78, 5) is 11.5. The molecular weight excluding hydrogens is 331 g/mol. The number of carbonyl (C=O) groups excluding carboxylic acids is 1. The summed E-state index contributed by atoms with van der Waals surface area (Å²) < 4.78 is 41.0. The number of hydrogen-bond acceptors (Lipinski definition) is 3. The van der Waals surface area contributed by atoms with Crippen molar-refractivity contribution in [3.8, 4) is 0 Å². The molecule has 0 aliphatic carbocycles. The summed E-state index contributed by atoms with van der Waals surface area (Å²) in [5, 5.41) is 0. The lowest BCUT2D eigenvalue weighted by Crippen LogP contribution is -2.45. The quantitative estimate of drug-likeness (QED) is 0.920. The minimum absolute atomic E-state index is 0.0698. The predicted octanol–water partition coefficient (Wildman–Crippen LogP) is 1.91. The van der Waals surface area contributed by atoms with Crippen LogP contribution in [0.25, 0.3) is 0 Å². The first-order chi connectivity index (χ1) is 11.3. The molecule has 0 spiro atoms. The van der Waals surface area contributed by atoms with Crippen LogP contribution in [-0.2, 0) is 21.2 Å². The summed E-state index contributed by atoms with van der Waals surface area (Å²) in [5.41, 5.74) is 7.51. The number of aryl methyl sites for hydroxylation is 1. The highest BCUT2D eigenvalue weighted by molar-refractivity contribution is 7.89. The molecular formula is C17H17FN2O3S. The van der Waals surface area contributed by atoms with E-state index in [-0.39, 0.29) is 6.54 Å². The Morgan fingerprint density at radius 2 is 1.96 bits per heavy atom. The number of nitrogens with two attached hydrogens (primary N) is 1. The Kier molecular flexibility index (Phi) is 4.15. The molecule has 1 atom stereocenters. The minimum Gasteiger partial charge on any atom is -0.368 e. The van der Waals surface area contributed by atoms with E-state index in [0.717, 1.165) is 15.9 Å². The molecule has 1 aliphatic heterocycles. The van der Waals surface area contributed by atoms with Crippen molar-refractivity contribution in [3.63, 3.8) is 0 Å². The molecule has 0 aromatic heterocycles. The Hall–Kier alpha value is -2.25. The average Bonchev–Trinajstić information content (AvgIpc) is 2.55. The maximum atomic E-state index is 14.1. The van der Waals surface area contributed by atoms with Gasteiger partial charge in [-0.3, -0.25) is 4.79 Å². The van der Waals surface area contributed by atoms with E-state index in [1.165, 1.54) is 12.1 Å². The first-order valence-electron chi connectivity index (χ1n) is 7.47. The Morgan fingerprint density at radius 3 is 2.67 bits per heavy atom. The molecule has 1 amide bonds. The van der Waals surface area contributed by atoms with E-state index < -0.39 is 32.7 Å². The van der Waals surface area contributed by atoms with Gasteiger partial charge >= 0.3 is 0 Å². The topological polar surface area (TPSA) is 80.5 Å². The van der Waals surface area contributed by atoms with Gasteiger partial charge in [0.15, 0.2) is 0 Å². The summed E-state index contributed by atoms with van der Waals surface area (Å²) in [5.74, 6) is -1.62. The van der Waals surface area contributed by atoms with E-state index in [9.17, 15) is 17.6 Å². The van der Waals surface area contributed by atoms with Gasteiger partial charge in [-0.1, -0.05) is 30.3 Å². The van der Waals surface area contributed by atoms with Crippen molar-refractivity contribution >= 4 is 15.9 Å². The fraction of sp³-hybridized carbons (Fsp3) is 0.235. The van der Waals surface area contributed by atoms with E-state index in [2.05, 4.69) is 0 Å². The molecule has 1 aliphatic rings. The molecule has 2 aromatic carbocycles. The highest BCUT2D eigenvalue weighted by Crippen LogP contribution is 2.34. The number of benzene rings is 2. The molecule has 0 saturated carbocycles. The first kappa shape index (κ1) is 16.6. The lowest BCUT2D eigenvalue weighted by molar-refractivity contribution is -0.122. The standard InChI is InChI=1S/C17H17FN2O3S/c1-11-6-7-14(18)15(10-11)24(22,23)20-9-8-12-4-2-3-5-13(12)16(20)17(19)21/h2-7,10,16H,8-9H2,1H3,(H2,19,21)/t16-/m1/s1. The van der Waals surface area contributed by atoms with Crippen LogP contribution in [-0.4, -0.2) is 25.2 Å². The van der Waals surface area contributed by atoms with Crippen LogP contribution in [0.1, 0.15) is 22.7 Å². The number of amides is 1. The van der Waals surface area contributed by atoms with Gasteiger partial charge in [-0.2, -0.15) is 4.31 Å². The van der Waals surface area contributed by atoms with Crippen molar-refractivity contribution in [2.75, 3.05) is 6.54 Å². The van der Waals surface area contributed by atoms with E-state index >= 15 is 0 Å². The maximum absolute atomic E-state index is 14.1. The molecule has 5 nitrogen and oxygen atoms in total. The SMILES string of the molecule is Cc1ccc(F)c(S(=O)(=O)N2CCc3ccccc3[C@@H]2C(N)=O)c1. The van der Waals surface area contributed by atoms with Crippen LogP contribution >= 0.6 is 0 Å². The van der Waals surface area contributed by atoms with Gasteiger partial charge in [-0.15, -0.1) is 0 Å². The lowest BCUT2D eigenvalue weighted by Gasteiger charge is -2.34. The number of halogens is 1. The third-order valence-electron chi connectivity index (χ3n) is 4.18. The second-order valence-electron chi connectivity index (χ2n) is 5.80. The van der Waals surface area contributed by atoms with Gasteiger partial charge in [0.05, 0.1) is 0 Å². The maximum Gasteiger partial charge on any atom is 0.247 e. The molecule has 7 heteroatoms. The number of hydrogen-bond donors (Lipinski definition) is 1. The molecule has 1 heterocycles. The van der Waals surface area contributed by atoms with E-state index in [1.54, 1.807) is 19.1 Å². The number of primary amides is 1. The predicted molar refractivity (Wildman–Crippen MR) is 87.1 cm³/mol. The van der Waals surface area contributed by atoms with Crippen molar-refractivity contribution in [2.24, 2.45) is 5.73 Å². The third-order valence-corrected chi connectivity index (χ3v) is 6.06. The first-order valence-corrected chi connectivity index (χ1v) is 8.91. The normalized spacial score (nSPS) is 18.2. The van der Waals surface area contributed by atoms with Crippen LogP contribution in [0.5, 0.6) is 0 Å². The van der Waals surface area contributed by atoms with Crippen LogP contribution in [0.2, 0.25) is 0 Å². The summed E-state index contributed by atoms with van der Waals surface area (Å²) >= 11 is 0. The fourth-order valence-corrected chi connectivity index (χ4v) is 4.76. The van der Waals surface area contributed by atoms with Crippen molar-refractivity contribution in [2.45, 2.75) is 24.3 Å². The second kappa shape index (κ2) is 5.99. The second-order valence-corrected chi connectivity index (χ2v) is 7.66. The van der Waals surface area contributed by atoms with Crippen LogP contribution in [0.3, 0.4) is 0 Å². The molecule has 0 unspecified atom stereocenters. The molecule has 126 valence electrons. The van der Waals surface area contributed by atoms with E-state index in [1.807, 2.05) is 12.1 Å². The molecule has 0 saturated heterocycles. The zero-order chi connectivity index (χ0) is 17.5. The molecule has 2 aromatic rings. The Labute approximate surface area is 139 Å². The van der Waals surface area contributed by atoms with Crippen molar-refractivity contribution in [1.29, 1.82) is 0 Å². The highest BCUT2D eigenvalue weighted by Gasteiger charge is 2.40. The Balaban J connectivity index is 2.14. The summed E-state index contributed by atoms with van der Waals surface area (Å²) in [7, 11) is -4.19. The molecule has 3 rings (SSSR count). The molecule has 0 bridgehead atoms. The molecule has 0 radical (unpaired) electrons. The Morgan fingerprint density at radius 1 is 1.25 bits per heavy atom. The van der Waals surface area contributed by atoms with E-state index in [4.69, 9.17) is 5.73 Å². The van der Waals surface area contributed by atoms with Crippen LogP contribution in [0.4, 0.5) is 4.39 Å². The highest BCUT2D eigenvalue weighted by atomic mass is 32.2. The number of rotatable bonds is 3. The summed E-state index contributed by atoms with van der Waals surface area (Å²) in [6, 6.07) is 9.79. The molecule has 2 N–H and O–H groups in total. The van der Waals surface area contributed by atoms with Crippen LogP contribution in [0, 0.1) is 12.7 Å². The lowest BCUT2D eigenvalue weighted by atomic mass is 9.94. The fourth-order valence-electron chi connectivity index (χ4n) is 3.03. The van der Waals surface area contributed by atoms with Gasteiger partial charge in [0.2, 0.25) is 15.9 Å². The number of carbonyl (C=O) groups is 1. The monoisotopic (exact) mass is 348 g/mol. The van der Waals surface area contributed by atoms with Gasteiger partial charge in [-0.25, -0.2) is 12.8 Å². The van der Waals surface area contributed by atoms with Crippen LogP contribution in [0.15, 0.2) is 47.4 Å². The van der Waals surface area contributed by atoms with Crippen molar-refractivity contribution in [3.05, 3.63) is 65.0 Å². The summed E-state index contributed by atoms with van der Waals surface area (Å²) in [6.07, 6.45) is 0.437. The van der Waals surface area contributed by atoms with Crippen molar-refractivity contribution in [1.82, 2.24) is 4.31 Å². The van der Waals surface area contributed by atoms with E-state index in [0.29, 0.717) is 17.5 Å². The number of nitrogens with zero attached hydrogens (tertiary/aromatic N) is 1. The Bertz CT molecular complexity index is 912. The number of sulfonamides is 1. The molecule has 0 fully saturated rings. The van der Waals surface area contributed by atoms with Crippen molar-refractivity contribution < 1.29 is 17.6 Å². The van der Waals surface area contributed by atoms with Gasteiger partial charge in [0.1, 0.15) is 16.8 Å². The van der Waals surface area contributed by atoms with Gasteiger partial charge in [0.25, 0.3) is 0 Å². The number of fused-ring (bicyclic) bond motifs is 1. The zero-order valence-corrected chi connectivity index (χ0v) is 13.9. The van der Waals surface area contributed by atoms with Gasteiger partial charge < -0.3 is 5.73 Å². The van der Waals surface area contributed by atoms with Crippen LogP contribution < -0.4 is 5.73 Å². The smallest absolute Gasteiger partial charge is 0.247 e. The summed E-state index contributed by atoms with van der Waals surface area (Å²) in [6.45, 7) is 1.75. The minimum atomic E-state index is -4.19. The van der Waals surface area contributed by atoms with Gasteiger partial charge in [-0.05, 0) is 42.2 Å². The zero-order valence-electron chi connectivity index (χ0n) is 13.1.